The zero-order valence-corrected chi connectivity index (χ0v) is 19.1. The summed E-state index contributed by atoms with van der Waals surface area (Å²) in [6, 6.07) is 12.7. The van der Waals surface area contributed by atoms with Crippen LogP contribution in [0.25, 0.3) is 0 Å². The number of piperazine rings is 1. The van der Waals surface area contributed by atoms with E-state index < -0.39 is 10.0 Å². The number of sulfonamides is 1. The third-order valence-electron chi connectivity index (χ3n) is 5.15. The lowest BCUT2D eigenvalue weighted by molar-refractivity contribution is -0.117. The van der Waals surface area contributed by atoms with Gasteiger partial charge in [-0.2, -0.15) is 4.31 Å². The average Bonchev–Trinajstić information content (AvgIpc) is 2.70. The van der Waals surface area contributed by atoms with E-state index in [9.17, 15) is 13.2 Å². The number of hydrogen-bond acceptors (Lipinski definition) is 4. The highest BCUT2D eigenvalue weighted by atomic mass is 79.9. The van der Waals surface area contributed by atoms with Gasteiger partial charge in [-0.3, -0.25) is 9.69 Å². The van der Waals surface area contributed by atoms with E-state index in [0.717, 1.165) is 27.7 Å². The minimum atomic E-state index is -3.51. The average molecular weight is 480 g/mol. The molecule has 8 heteroatoms. The van der Waals surface area contributed by atoms with Gasteiger partial charge in [0, 0.05) is 36.3 Å². The zero-order valence-electron chi connectivity index (χ0n) is 16.7. The molecule has 1 saturated heterocycles. The summed E-state index contributed by atoms with van der Waals surface area (Å²) in [5.74, 6) is -0.0711. The molecule has 0 bridgehead atoms. The van der Waals surface area contributed by atoms with Crippen LogP contribution in [-0.4, -0.2) is 56.3 Å². The maximum atomic E-state index is 12.8. The van der Waals surface area contributed by atoms with E-state index in [1.807, 2.05) is 30.0 Å². The van der Waals surface area contributed by atoms with Gasteiger partial charge >= 0.3 is 0 Å². The number of rotatable bonds is 6. The van der Waals surface area contributed by atoms with Crippen molar-refractivity contribution in [3.63, 3.8) is 0 Å². The van der Waals surface area contributed by atoms with Crippen LogP contribution < -0.4 is 5.32 Å². The third-order valence-corrected chi connectivity index (χ3v) is 7.60. The standard InChI is InChI=1S/C21H26BrN3O3S/c1-3-17-6-4-5-16(2)21(17)23-20(26)15-24-11-13-25(14-12-24)29(27,28)19-9-7-18(22)8-10-19/h4-10H,3,11-15H2,1-2H3,(H,23,26). The molecule has 1 N–H and O–H groups in total. The summed E-state index contributed by atoms with van der Waals surface area (Å²) >= 11 is 3.32. The van der Waals surface area contributed by atoms with Gasteiger partial charge in [0.1, 0.15) is 0 Å². The summed E-state index contributed by atoms with van der Waals surface area (Å²) in [6.07, 6.45) is 0.851. The zero-order chi connectivity index (χ0) is 21.0. The Hall–Kier alpha value is -1.74. The van der Waals surface area contributed by atoms with E-state index in [0.29, 0.717) is 31.1 Å². The minimum absolute atomic E-state index is 0.0711. The number of halogens is 1. The lowest BCUT2D eigenvalue weighted by Crippen LogP contribution is -2.50. The molecule has 6 nitrogen and oxygen atoms in total. The Kier molecular flexibility index (Phi) is 7.10. The topological polar surface area (TPSA) is 69.7 Å². The highest BCUT2D eigenvalue weighted by Crippen LogP contribution is 2.22. The van der Waals surface area contributed by atoms with Gasteiger partial charge in [0.05, 0.1) is 11.4 Å². The van der Waals surface area contributed by atoms with Gasteiger partial charge in [0.2, 0.25) is 15.9 Å². The first-order chi connectivity index (χ1) is 13.8. The van der Waals surface area contributed by atoms with Gasteiger partial charge in [-0.25, -0.2) is 8.42 Å². The Bertz CT molecular complexity index is 969. The van der Waals surface area contributed by atoms with E-state index in [2.05, 4.69) is 28.2 Å². The maximum absolute atomic E-state index is 12.8. The lowest BCUT2D eigenvalue weighted by atomic mass is 10.1. The first-order valence-electron chi connectivity index (χ1n) is 9.67. The lowest BCUT2D eigenvalue weighted by Gasteiger charge is -2.33. The minimum Gasteiger partial charge on any atom is -0.324 e. The van der Waals surface area contributed by atoms with E-state index in [-0.39, 0.29) is 12.5 Å². The summed E-state index contributed by atoms with van der Waals surface area (Å²) in [5.41, 5.74) is 3.04. The highest BCUT2D eigenvalue weighted by Gasteiger charge is 2.29. The Morgan fingerprint density at radius 3 is 2.34 bits per heavy atom. The van der Waals surface area contributed by atoms with Gasteiger partial charge in [-0.15, -0.1) is 0 Å². The molecule has 0 aliphatic carbocycles. The van der Waals surface area contributed by atoms with Crippen molar-refractivity contribution in [2.75, 3.05) is 38.0 Å². The summed E-state index contributed by atoms with van der Waals surface area (Å²) in [6.45, 7) is 6.10. The second-order valence-electron chi connectivity index (χ2n) is 7.14. The second kappa shape index (κ2) is 9.38. The molecule has 3 rings (SSSR count). The van der Waals surface area contributed by atoms with Gasteiger partial charge in [-0.05, 0) is 48.7 Å². The largest absolute Gasteiger partial charge is 0.324 e. The van der Waals surface area contributed by atoms with Crippen molar-refractivity contribution in [1.29, 1.82) is 0 Å². The van der Waals surface area contributed by atoms with Crippen LogP contribution >= 0.6 is 15.9 Å². The molecule has 1 amide bonds. The molecule has 1 aliphatic rings. The van der Waals surface area contributed by atoms with Gasteiger partial charge in [-0.1, -0.05) is 41.1 Å². The molecule has 0 aromatic heterocycles. The molecule has 1 heterocycles. The van der Waals surface area contributed by atoms with E-state index in [1.54, 1.807) is 24.3 Å². The van der Waals surface area contributed by atoms with Gasteiger partial charge < -0.3 is 5.32 Å². The predicted octanol–water partition coefficient (Wildman–Crippen LogP) is 3.26. The number of carbonyl (C=O) groups excluding carboxylic acids is 1. The first kappa shape index (κ1) is 22.0. The van der Waals surface area contributed by atoms with Gasteiger partial charge in [0.15, 0.2) is 0 Å². The Balaban J connectivity index is 1.57. The second-order valence-corrected chi connectivity index (χ2v) is 10.00. The Morgan fingerprint density at radius 2 is 1.72 bits per heavy atom. The fraction of sp³-hybridized carbons (Fsp3) is 0.381. The molecule has 0 atom stereocenters. The molecule has 0 saturated carbocycles. The van der Waals surface area contributed by atoms with Crippen LogP contribution in [0.5, 0.6) is 0 Å². The summed E-state index contributed by atoms with van der Waals surface area (Å²) in [5, 5.41) is 3.03. The van der Waals surface area contributed by atoms with Crippen molar-refractivity contribution in [3.8, 4) is 0 Å². The number of aryl methyl sites for hydroxylation is 2. The number of carbonyl (C=O) groups is 1. The molecule has 2 aromatic rings. The number of anilines is 1. The van der Waals surface area contributed by atoms with Gasteiger partial charge in [0.25, 0.3) is 0 Å². The van der Waals surface area contributed by atoms with Crippen LogP contribution in [0.15, 0.2) is 51.8 Å². The molecular weight excluding hydrogens is 454 g/mol. The predicted molar refractivity (Wildman–Crippen MR) is 119 cm³/mol. The van der Waals surface area contributed by atoms with E-state index >= 15 is 0 Å². The SMILES string of the molecule is CCc1cccc(C)c1NC(=O)CN1CCN(S(=O)(=O)c2ccc(Br)cc2)CC1. The highest BCUT2D eigenvalue weighted by molar-refractivity contribution is 9.10. The van der Waals surface area contributed by atoms with Crippen LogP contribution in [-0.2, 0) is 21.2 Å². The van der Waals surface area contributed by atoms with Crippen molar-refractivity contribution in [1.82, 2.24) is 9.21 Å². The first-order valence-corrected chi connectivity index (χ1v) is 11.9. The normalized spacial score (nSPS) is 16.0. The van der Waals surface area contributed by atoms with Crippen molar-refractivity contribution in [2.24, 2.45) is 0 Å². The van der Waals surface area contributed by atoms with Crippen molar-refractivity contribution in [2.45, 2.75) is 25.2 Å². The number of hydrogen-bond donors (Lipinski definition) is 1. The number of nitrogens with one attached hydrogen (secondary N) is 1. The molecule has 0 unspecified atom stereocenters. The molecule has 156 valence electrons. The number of nitrogens with zero attached hydrogens (tertiary/aromatic N) is 2. The van der Waals surface area contributed by atoms with Crippen LogP contribution in [0.4, 0.5) is 5.69 Å². The van der Waals surface area contributed by atoms with Crippen LogP contribution in [0.1, 0.15) is 18.1 Å². The van der Waals surface area contributed by atoms with Crippen molar-refractivity contribution in [3.05, 3.63) is 58.1 Å². The van der Waals surface area contributed by atoms with Crippen molar-refractivity contribution < 1.29 is 13.2 Å². The molecular formula is C21H26BrN3O3S. The summed E-state index contributed by atoms with van der Waals surface area (Å²) in [7, 11) is -3.51. The molecule has 0 spiro atoms. The number of benzene rings is 2. The van der Waals surface area contributed by atoms with Crippen LogP contribution in [0.2, 0.25) is 0 Å². The van der Waals surface area contributed by atoms with E-state index in [1.165, 1.54) is 4.31 Å². The smallest absolute Gasteiger partial charge is 0.243 e. The molecule has 29 heavy (non-hydrogen) atoms. The fourth-order valence-corrected chi connectivity index (χ4v) is 5.15. The Labute approximate surface area is 181 Å². The van der Waals surface area contributed by atoms with Crippen molar-refractivity contribution >= 4 is 37.5 Å². The molecule has 1 fully saturated rings. The summed E-state index contributed by atoms with van der Waals surface area (Å²) < 4.78 is 27.9. The number of amides is 1. The maximum Gasteiger partial charge on any atom is 0.243 e. The molecule has 1 aliphatic heterocycles. The molecule has 0 radical (unpaired) electrons. The fourth-order valence-electron chi connectivity index (χ4n) is 3.47. The van der Waals surface area contributed by atoms with Crippen LogP contribution in [0.3, 0.4) is 0 Å². The van der Waals surface area contributed by atoms with Crippen LogP contribution in [0, 0.1) is 6.92 Å². The quantitative estimate of drug-likeness (QED) is 0.689. The Morgan fingerprint density at radius 1 is 1.07 bits per heavy atom. The van der Waals surface area contributed by atoms with E-state index in [4.69, 9.17) is 0 Å². The number of para-hydroxylation sites is 1. The monoisotopic (exact) mass is 479 g/mol. The summed E-state index contributed by atoms with van der Waals surface area (Å²) in [4.78, 5) is 14.8. The third kappa shape index (κ3) is 5.25. The molecule has 2 aromatic carbocycles.